The minimum atomic E-state index is -0.481. The van der Waals surface area contributed by atoms with Crippen molar-refractivity contribution in [3.63, 3.8) is 0 Å². The molecule has 1 fully saturated rings. The third-order valence-electron chi connectivity index (χ3n) is 4.85. The molecule has 1 aromatic heterocycles. The number of nitrogens with one attached hydrogen (secondary N) is 1. The quantitative estimate of drug-likeness (QED) is 0.652. The molecule has 2 aromatic carbocycles. The Bertz CT molecular complexity index is 1160. The molecule has 1 N–H and O–H groups in total. The first-order valence-electron chi connectivity index (χ1n) is 9.55. The molecule has 6 nitrogen and oxygen atoms in total. The summed E-state index contributed by atoms with van der Waals surface area (Å²) in [5.74, 6) is -0.331. The molecule has 8 heteroatoms. The Morgan fingerprint density at radius 2 is 2.20 bits per heavy atom. The van der Waals surface area contributed by atoms with Gasteiger partial charge in [-0.1, -0.05) is 23.7 Å². The second-order valence-corrected chi connectivity index (χ2v) is 7.30. The van der Waals surface area contributed by atoms with Crippen LogP contribution in [-0.4, -0.2) is 32.3 Å². The first-order valence-corrected chi connectivity index (χ1v) is 9.93. The van der Waals surface area contributed by atoms with Gasteiger partial charge < -0.3 is 19.2 Å². The molecule has 1 aliphatic rings. The lowest BCUT2D eigenvalue weighted by molar-refractivity contribution is 0.0854. The lowest BCUT2D eigenvalue weighted by atomic mass is 10.1. The Kier molecular flexibility index (Phi) is 6.01. The summed E-state index contributed by atoms with van der Waals surface area (Å²) in [4.78, 5) is 17.3. The fraction of sp³-hybridized carbons (Fsp3) is 0.273. The summed E-state index contributed by atoms with van der Waals surface area (Å²) in [6.07, 6.45) is 1.88. The van der Waals surface area contributed by atoms with Crippen molar-refractivity contribution < 1.29 is 23.1 Å². The van der Waals surface area contributed by atoms with Crippen molar-refractivity contribution in [3.05, 3.63) is 64.4 Å². The van der Waals surface area contributed by atoms with Crippen molar-refractivity contribution in [1.29, 1.82) is 0 Å². The number of carbonyl (C=O) groups is 1. The number of nitrogens with zero attached hydrogens (tertiary/aromatic N) is 1. The molecule has 156 valence electrons. The van der Waals surface area contributed by atoms with E-state index in [9.17, 15) is 9.18 Å². The van der Waals surface area contributed by atoms with E-state index in [0.717, 1.165) is 18.9 Å². The lowest BCUT2D eigenvalue weighted by Gasteiger charge is -2.12. The van der Waals surface area contributed by atoms with Gasteiger partial charge in [0.1, 0.15) is 11.4 Å². The molecule has 0 unspecified atom stereocenters. The number of hydrogen-bond acceptors (Lipinski definition) is 5. The van der Waals surface area contributed by atoms with Crippen molar-refractivity contribution in [2.75, 3.05) is 20.3 Å². The third kappa shape index (κ3) is 4.32. The summed E-state index contributed by atoms with van der Waals surface area (Å²) in [7, 11) is 1.53. The monoisotopic (exact) mass is 430 g/mol. The van der Waals surface area contributed by atoms with Gasteiger partial charge in [0, 0.05) is 18.5 Å². The normalized spacial score (nSPS) is 16.8. The number of rotatable bonds is 5. The fourth-order valence-corrected chi connectivity index (χ4v) is 3.53. The Labute approximate surface area is 177 Å². The van der Waals surface area contributed by atoms with Crippen LogP contribution >= 0.6 is 11.6 Å². The highest BCUT2D eigenvalue weighted by molar-refractivity contribution is 6.32. The van der Waals surface area contributed by atoms with E-state index in [2.05, 4.69) is 10.3 Å². The van der Waals surface area contributed by atoms with Gasteiger partial charge in [-0.3, -0.25) is 4.79 Å². The van der Waals surface area contributed by atoms with Crippen LogP contribution in [0.15, 0.2) is 51.9 Å². The minimum Gasteiger partial charge on any atom is -0.493 e. The van der Waals surface area contributed by atoms with Crippen LogP contribution < -0.4 is 15.6 Å². The molecule has 1 saturated heterocycles. The van der Waals surface area contributed by atoms with E-state index in [1.54, 1.807) is 18.2 Å². The molecular formula is C22H20ClFN2O4. The maximum absolute atomic E-state index is 13.4. The van der Waals surface area contributed by atoms with Gasteiger partial charge in [-0.05, 0) is 43.2 Å². The van der Waals surface area contributed by atoms with Crippen LogP contribution in [-0.2, 0) is 4.74 Å². The number of fused-ring (bicyclic) bond motifs is 1. The van der Waals surface area contributed by atoms with E-state index in [1.165, 1.54) is 19.2 Å². The number of halogens is 2. The molecule has 3 aromatic rings. The SMILES string of the molecule is COc1cccc2cc(C(=O)NC[C@H]3CCCO3)c(=Nc3ccc(F)cc3Cl)oc12. The Morgan fingerprint density at radius 1 is 1.33 bits per heavy atom. The second kappa shape index (κ2) is 8.85. The standard InChI is InChI=1S/C22H20ClFN2O4/c1-28-19-6-2-4-13-10-16(21(27)25-12-15-5-3-9-29-15)22(30-20(13)19)26-18-8-7-14(24)11-17(18)23/h2,4,6-8,10-11,15H,3,5,9,12H2,1H3,(H,25,27)/t15-/m1/s1. The highest BCUT2D eigenvalue weighted by Crippen LogP contribution is 2.27. The Hall–Kier alpha value is -2.90. The number of para-hydroxylation sites is 1. The van der Waals surface area contributed by atoms with Crippen molar-refractivity contribution in [1.82, 2.24) is 5.32 Å². The zero-order valence-corrected chi connectivity index (χ0v) is 17.0. The minimum absolute atomic E-state index is 0.00151. The summed E-state index contributed by atoms with van der Waals surface area (Å²) in [5.41, 5.74) is 0.997. The number of methoxy groups -OCH3 is 1. The van der Waals surface area contributed by atoms with Crippen LogP contribution in [0.5, 0.6) is 5.75 Å². The summed E-state index contributed by atoms with van der Waals surface area (Å²) < 4.78 is 30.3. The van der Waals surface area contributed by atoms with E-state index in [0.29, 0.717) is 29.9 Å². The van der Waals surface area contributed by atoms with Crippen molar-refractivity contribution in [2.24, 2.45) is 4.99 Å². The van der Waals surface area contributed by atoms with Crippen molar-refractivity contribution >= 4 is 34.2 Å². The van der Waals surface area contributed by atoms with Crippen LogP contribution in [0.2, 0.25) is 5.02 Å². The number of amides is 1. The number of carbonyl (C=O) groups excluding carboxylic acids is 1. The average molecular weight is 431 g/mol. The van der Waals surface area contributed by atoms with Crippen LogP contribution in [0.4, 0.5) is 10.1 Å². The maximum Gasteiger partial charge on any atom is 0.256 e. The van der Waals surface area contributed by atoms with Gasteiger partial charge in [-0.25, -0.2) is 9.38 Å². The van der Waals surface area contributed by atoms with Crippen molar-refractivity contribution in [2.45, 2.75) is 18.9 Å². The first-order chi connectivity index (χ1) is 14.5. The van der Waals surface area contributed by atoms with E-state index < -0.39 is 5.82 Å². The zero-order valence-electron chi connectivity index (χ0n) is 16.3. The fourth-order valence-electron chi connectivity index (χ4n) is 3.32. The Morgan fingerprint density at radius 3 is 2.93 bits per heavy atom. The van der Waals surface area contributed by atoms with Gasteiger partial charge in [0.2, 0.25) is 5.55 Å². The van der Waals surface area contributed by atoms with Crippen LogP contribution in [0.3, 0.4) is 0 Å². The van der Waals surface area contributed by atoms with E-state index in [4.69, 9.17) is 25.5 Å². The highest BCUT2D eigenvalue weighted by atomic mass is 35.5. The summed E-state index contributed by atoms with van der Waals surface area (Å²) in [5, 5.41) is 3.66. The molecular weight excluding hydrogens is 411 g/mol. The summed E-state index contributed by atoms with van der Waals surface area (Å²) >= 11 is 6.12. The van der Waals surface area contributed by atoms with Gasteiger partial charge in [0.25, 0.3) is 5.91 Å². The number of ether oxygens (including phenoxy) is 2. The molecule has 1 aliphatic heterocycles. The molecule has 4 rings (SSSR count). The predicted molar refractivity (Wildman–Crippen MR) is 111 cm³/mol. The molecule has 30 heavy (non-hydrogen) atoms. The van der Waals surface area contributed by atoms with Gasteiger partial charge in [0.05, 0.1) is 23.9 Å². The van der Waals surface area contributed by atoms with Crippen molar-refractivity contribution in [3.8, 4) is 5.75 Å². The molecule has 0 bridgehead atoms. The second-order valence-electron chi connectivity index (χ2n) is 6.90. The molecule has 0 radical (unpaired) electrons. The molecule has 2 heterocycles. The largest absolute Gasteiger partial charge is 0.493 e. The van der Waals surface area contributed by atoms with Crippen LogP contribution in [0.1, 0.15) is 23.2 Å². The molecule has 0 aliphatic carbocycles. The van der Waals surface area contributed by atoms with E-state index >= 15 is 0 Å². The topological polar surface area (TPSA) is 73.1 Å². The van der Waals surface area contributed by atoms with Gasteiger partial charge in [-0.15, -0.1) is 0 Å². The summed E-state index contributed by atoms with van der Waals surface area (Å²) in [6, 6.07) is 10.9. The van der Waals surface area contributed by atoms with Crippen LogP contribution in [0, 0.1) is 5.82 Å². The average Bonchev–Trinajstić information content (AvgIpc) is 3.26. The van der Waals surface area contributed by atoms with E-state index in [1.807, 2.05) is 6.07 Å². The molecule has 1 amide bonds. The van der Waals surface area contributed by atoms with Gasteiger partial charge in [0.15, 0.2) is 11.3 Å². The predicted octanol–water partition coefficient (Wildman–Crippen LogP) is 4.38. The Balaban J connectivity index is 1.81. The van der Waals surface area contributed by atoms with E-state index in [-0.39, 0.29) is 33.8 Å². The molecule has 1 atom stereocenters. The smallest absolute Gasteiger partial charge is 0.256 e. The number of benzene rings is 2. The van der Waals surface area contributed by atoms with Gasteiger partial charge >= 0.3 is 0 Å². The van der Waals surface area contributed by atoms with Crippen LogP contribution in [0.25, 0.3) is 11.0 Å². The number of hydrogen-bond donors (Lipinski definition) is 1. The zero-order chi connectivity index (χ0) is 21.1. The first kappa shape index (κ1) is 20.4. The third-order valence-corrected chi connectivity index (χ3v) is 5.15. The highest BCUT2D eigenvalue weighted by Gasteiger charge is 2.19. The molecule has 0 saturated carbocycles. The van der Waals surface area contributed by atoms with Gasteiger partial charge in [-0.2, -0.15) is 0 Å². The molecule has 0 spiro atoms. The summed E-state index contributed by atoms with van der Waals surface area (Å²) in [6.45, 7) is 1.10. The lowest BCUT2D eigenvalue weighted by Crippen LogP contribution is -2.34. The maximum atomic E-state index is 13.4.